The van der Waals surface area contributed by atoms with E-state index in [-0.39, 0.29) is 5.91 Å². The fraction of sp³-hybridized carbons (Fsp3) is 0.143. The van der Waals surface area contributed by atoms with Gasteiger partial charge in [-0.25, -0.2) is 4.98 Å². The number of aromatic nitrogens is 1. The summed E-state index contributed by atoms with van der Waals surface area (Å²) in [7, 11) is 3.16. The zero-order valence-corrected chi connectivity index (χ0v) is 11.9. The van der Waals surface area contributed by atoms with Crippen LogP contribution >= 0.6 is 11.3 Å². The molecule has 0 aliphatic carbocycles. The van der Waals surface area contributed by atoms with Gasteiger partial charge in [0.2, 0.25) is 5.91 Å². The number of nitrogens with one attached hydrogen (secondary N) is 1. The van der Waals surface area contributed by atoms with Crippen molar-refractivity contribution in [2.24, 2.45) is 0 Å². The van der Waals surface area contributed by atoms with Crippen LogP contribution in [0.4, 0.5) is 5.13 Å². The lowest BCUT2D eigenvalue weighted by atomic mass is 10.2. The third-order valence-electron chi connectivity index (χ3n) is 2.46. The molecule has 6 heteroatoms. The second kappa shape index (κ2) is 6.72. The first-order valence-electron chi connectivity index (χ1n) is 5.83. The first-order chi connectivity index (χ1) is 9.71. The van der Waals surface area contributed by atoms with Gasteiger partial charge < -0.3 is 9.47 Å². The highest BCUT2D eigenvalue weighted by atomic mass is 32.1. The number of ether oxygens (including phenoxy) is 2. The number of methoxy groups -OCH3 is 2. The fourth-order valence-electron chi connectivity index (χ4n) is 1.53. The summed E-state index contributed by atoms with van der Waals surface area (Å²) in [5, 5.41) is 5.04. The predicted molar refractivity (Wildman–Crippen MR) is 79.3 cm³/mol. The van der Waals surface area contributed by atoms with E-state index >= 15 is 0 Å². The normalized spacial score (nSPS) is 10.5. The lowest BCUT2D eigenvalue weighted by molar-refractivity contribution is -0.111. The average Bonchev–Trinajstić information content (AvgIpc) is 2.97. The maximum Gasteiger partial charge on any atom is 0.250 e. The SMILES string of the molecule is COc1cc(C=CC(=O)Nc2nccs2)cc(OC)c1. The van der Waals surface area contributed by atoms with Gasteiger partial charge in [-0.1, -0.05) is 0 Å². The van der Waals surface area contributed by atoms with E-state index in [1.807, 2.05) is 12.1 Å². The molecule has 0 aliphatic rings. The van der Waals surface area contributed by atoms with E-state index in [1.165, 1.54) is 17.4 Å². The highest BCUT2D eigenvalue weighted by molar-refractivity contribution is 7.13. The number of benzene rings is 1. The summed E-state index contributed by atoms with van der Waals surface area (Å²) < 4.78 is 10.3. The molecular weight excluding hydrogens is 276 g/mol. The van der Waals surface area contributed by atoms with Gasteiger partial charge in [0.1, 0.15) is 11.5 Å². The Kier molecular flexibility index (Phi) is 4.73. The largest absolute Gasteiger partial charge is 0.497 e. The van der Waals surface area contributed by atoms with Crippen molar-refractivity contribution >= 4 is 28.5 Å². The van der Waals surface area contributed by atoms with Crippen LogP contribution in [-0.4, -0.2) is 25.1 Å². The molecule has 0 spiro atoms. The summed E-state index contributed by atoms with van der Waals surface area (Å²) in [6.07, 6.45) is 4.76. The van der Waals surface area contributed by atoms with Crippen LogP contribution in [0.3, 0.4) is 0 Å². The van der Waals surface area contributed by atoms with Crippen molar-refractivity contribution in [3.05, 3.63) is 41.4 Å². The third-order valence-corrected chi connectivity index (χ3v) is 3.15. The van der Waals surface area contributed by atoms with Crippen molar-refractivity contribution in [2.45, 2.75) is 0 Å². The van der Waals surface area contributed by atoms with Crippen LogP contribution in [-0.2, 0) is 4.79 Å². The Labute approximate surface area is 120 Å². The molecule has 104 valence electrons. The summed E-state index contributed by atoms with van der Waals surface area (Å²) in [4.78, 5) is 15.7. The minimum Gasteiger partial charge on any atom is -0.497 e. The summed E-state index contributed by atoms with van der Waals surface area (Å²) in [6, 6.07) is 5.40. The van der Waals surface area contributed by atoms with Crippen LogP contribution in [0.15, 0.2) is 35.9 Å². The molecular formula is C14H14N2O3S. The van der Waals surface area contributed by atoms with Crippen LogP contribution in [0, 0.1) is 0 Å². The van der Waals surface area contributed by atoms with Gasteiger partial charge in [0.15, 0.2) is 5.13 Å². The molecule has 0 saturated heterocycles. The Bertz CT molecular complexity index is 587. The zero-order valence-electron chi connectivity index (χ0n) is 11.1. The Hall–Kier alpha value is -2.34. The lowest BCUT2D eigenvalue weighted by Gasteiger charge is -2.05. The molecule has 1 aromatic carbocycles. The minimum atomic E-state index is -0.235. The maximum absolute atomic E-state index is 11.7. The molecule has 0 atom stereocenters. The molecule has 2 aromatic rings. The number of carbonyl (C=O) groups is 1. The third kappa shape index (κ3) is 3.83. The number of amides is 1. The summed E-state index contributed by atoms with van der Waals surface area (Å²) in [5.41, 5.74) is 0.815. The van der Waals surface area contributed by atoms with Crippen molar-refractivity contribution < 1.29 is 14.3 Å². The highest BCUT2D eigenvalue weighted by Crippen LogP contribution is 2.23. The van der Waals surface area contributed by atoms with Gasteiger partial charge in [0.25, 0.3) is 0 Å². The van der Waals surface area contributed by atoms with Crippen LogP contribution in [0.5, 0.6) is 11.5 Å². The first kappa shape index (κ1) is 14.1. The molecule has 1 aromatic heterocycles. The minimum absolute atomic E-state index is 0.235. The fourth-order valence-corrected chi connectivity index (χ4v) is 2.06. The average molecular weight is 290 g/mol. The topological polar surface area (TPSA) is 60.5 Å². The van der Waals surface area contributed by atoms with Gasteiger partial charge in [0, 0.05) is 23.7 Å². The number of hydrogen-bond acceptors (Lipinski definition) is 5. The molecule has 0 fully saturated rings. The van der Waals surface area contributed by atoms with Crippen LogP contribution in [0.1, 0.15) is 5.56 Å². The monoisotopic (exact) mass is 290 g/mol. The van der Waals surface area contributed by atoms with Crippen LogP contribution in [0.25, 0.3) is 6.08 Å². The quantitative estimate of drug-likeness (QED) is 0.860. The van der Waals surface area contributed by atoms with Gasteiger partial charge in [-0.05, 0) is 23.8 Å². The van der Waals surface area contributed by atoms with Gasteiger partial charge in [0.05, 0.1) is 14.2 Å². The molecule has 1 N–H and O–H groups in total. The van der Waals surface area contributed by atoms with Gasteiger partial charge in [-0.2, -0.15) is 0 Å². The lowest BCUT2D eigenvalue weighted by Crippen LogP contribution is -2.07. The summed E-state index contributed by atoms with van der Waals surface area (Å²) >= 11 is 1.37. The number of thiazole rings is 1. The number of anilines is 1. The first-order valence-corrected chi connectivity index (χ1v) is 6.71. The summed E-state index contributed by atoms with van der Waals surface area (Å²) in [5.74, 6) is 1.11. The highest BCUT2D eigenvalue weighted by Gasteiger charge is 2.02. The van der Waals surface area contributed by atoms with E-state index in [2.05, 4.69) is 10.3 Å². The Balaban J connectivity index is 2.08. The van der Waals surface area contributed by atoms with Crippen molar-refractivity contribution in [3.8, 4) is 11.5 Å². The smallest absolute Gasteiger partial charge is 0.250 e. The van der Waals surface area contributed by atoms with E-state index < -0.39 is 0 Å². The predicted octanol–water partition coefficient (Wildman–Crippen LogP) is 2.81. The standard InChI is InChI=1S/C14H14N2O3S/c1-18-11-7-10(8-12(9-11)19-2)3-4-13(17)16-14-15-5-6-20-14/h3-9H,1-2H3,(H,15,16,17). The number of rotatable bonds is 5. The van der Waals surface area contributed by atoms with E-state index in [0.717, 1.165) is 5.56 Å². The van der Waals surface area contributed by atoms with E-state index in [9.17, 15) is 4.79 Å². The van der Waals surface area contributed by atoms with Gasteiger partial charge >= 0.3 is 0 Å². The van der Waals surface area contributed by atoms with Crippen LogP contribution in [0.2, 0.25) is 0 Å². The van der Waals surface area contributed by atoms with Crippen LogP contribution < -0.4 is 14.8 Å². The molecule has 2 rings (SSSR count). The molecule has 0 bridgehead atoms. The molecule has 20 heavy (non-hydrogen) atoms. The van der Waals surface area contributed by atoms with Crippen molar-refractivity contribution in [2.75, 3.05) is 19.5 Å². The number of nitrogens with zero attached hydrogens (tertiary/aromatic N) is 1. The van der Waals surface area contributed by atoms with Gasteiger partial charge in [-0.15, -0.1) is 11.3 Å². The second-order valence-corrected chi connectivity index (χ2v) is 4.70. The van der Waals surface area contributed by atoms with Gasteiger partial charge in [-0.3, -0.25) is 10.1 Å². The molecule has 0 radical (unpaired) electrons. The Morgan fingerprint density at radius 2 is 1.95 bits per heavy atom. The molecule has 0 unspecified atom stereocenters. The van der Waals surface area contributed by atoms with Crippen molar-refractivity contribution in [1.82, 2.24) is 4.98 Å². The van der Waals surface area contributed by atoms with Crippen molar-refractivity contribution in [1.29, 1.82) is 0 Å². The molecule has 0 saturated carbocycles. The second-order valence-electron chi connectivity index (χ2n) is 3.81. The van der Waals surface area contributed by atoms with E-state index in [1.54, 1.807) is 37.9 Å². The zero-order chi connectivity index (χ0) is 14.4. The number of carbonyl (C=O) groups excluding carboxylic acids is 1. The molecule has 1 heterocycles. The summed E-state index contributed by atoms with van der Waals surface area (Å²) in [6.45, 7) is 0. The van der Waals surface area contributed by atoms with E-state index in [0.29, 0.717) is 16.6 Å². The number of hydrogen-bond donors (Lipinski definition) is 1. The van der Waals surface area contributed by atoms with E-state index in [4.69, 9.17) is 9.47 Å². The van der Waals surface area contributed by atoms with Crippen molar-refractivity contribution in [3.63, 3.8) is 0 Å². The maximum atomic E-state index is 11.7. The molecule has 0 aliphatic heterocycles. The molecule has 1 amide bonds. The Morgan fingerprint density at radius 1 is 1.25 bits per heavy atom. The Morgan fingerprint density at radius 3 is 2.50 bits per heavy atom. The molecule has 5 nitrogen and oxygen atoms in total.